The highest BCUT2D eigenvalue weighted by Crippen LogP contribution is 2.39. The van der Waals surface area contributed by atoms with Gasteiger partial charge in [-0.1, -0.05) is 26.8 Å². The van der Waals surface area contributed by atoms with Crippen LogP contribution >= 0.6 is 0 Å². The maximum atomic E-state index is 9.59. The van der Waals surface area contributed by atoms with Crippen molar-refractivity contribution in [3.8, 4) is 11.8 Å². The van der Waals surface area contributed by atoms with Crippen molar-refractivity contribution >= 4 is 20.9 Å². The van der Waals surface area contributed by atoms with E-state index in [1.54, 1.807) is 0 Å². The molecule has 0 bridgehead atoms. The van der Waals surface area contributed by atoms with Crippen LogP contribution in [0.2, 0.25) is 18.1 Å². The van der Waals surface area contributed by atoms with E-state index in [0.29, 0.717) is 11.3 Å². The molecule has 4 nitrogen and oxygen atoms in total. The van der Waals surface area contributed by atoms with Crippen LogP contribution in [0, 0.1) is 11.3 Å². The van der Waals surface area contributed by atoms with Crippen molar-refractivity contribution in [3.63, 3.8) is 0 Å². The summed E-state index contributed by atoms with van der Waals surface area (Å²) in [6, 6.07) is 7.90. The zero-order valence-corrected chi connectivity index (χ0v) is 18.0. The Bertz CT molecular complexity index is 686. The summed E-state index contributed by atoms with van der Waals surface area (Å²) in [4.78, 5) is 0. The molecular weight excluding hydrogens is 329 g/mol. The van der Waals surface area contributed by atoms with Crippen LogP contribution in [0.5, 0.6) is 5.75 Å². The molecule has 0 saturated carbocycles. The van der Waals surface area contributed by atoms with E-state index in [-0.39, 0.29) is 5.04 Å². The van der Waals surface area contributed by atoms with E-state index in [1.807, 2.05) is 45.9 Å². The van der Waals surface area contributed by atoms with Gasteiger partial charge < -0.3 is 13.7 Å². The molecule has 1 heterocycles. The Morgan fingerprint density at radius 1 is 1.08 bits per heavy atom. The Labute approximate surface area is 153 Å². The van der Waals surface area contributed by atoms with Crippen molar-refractivity contribution in [1.82, 2.24) is 0 Å². The largest absolute Gasteiger partial charge is 0.543 e. The maximum absolute atomic E-state index is 9.59. The van der Waals surface area contributed by atoms with Crippen LogP contribution < -0.4 is 9.89 Å². The quantitative estimate of drug-likeness (QED) is 0.758. The summed E-state index contributed by atoms with van der Waals surface area (Å²) in [5, 5.41) is 9.67. The van der Waals surface area contributed by atoms with Gasteiger partial charge in [-0.15, -0.1) is 0 Å². The highest BCUT2D eigenvalue weighted by Gasteiger charge is 2.51. The second kappa shape index (κ2) is 6.15. The van der Waals surface area contributed by atoms with Crippen LogP contribution in [0.3, 0.4) is 0 Å². The van der Waals surface area contributed by atoms with E-state index in [4.69, 9.17) is 13.7 Å². The molecule has 0 aromatic heterocycles. The van der Waals surface area contributed by atoms with Gasteiger partial charge in [0.2, 0.25) is 0 Å². The fourth-order valence-corrected chi connectivity index (χ4v) is 3.31. The molecule has 0 spiro atoms. The van der Waals surface area contributed by atoms with Gasteiger partial charge in [-0.25, -0.2) is 0 Å². The van der Waals surface area contributed by atoms with E-state index < -0.39 is 26.6 Å². The van der Waals surface area contributed by atoms with Gasteiger partial charge in [-0.05, 0) is 63.4 Å². The smallest absolute Gasteiger partial charge is 0.494 e. The third-order valence-corrected chi connectivity index (χ3v) is 10.2. The Kier molecular flexibility index (Phi) is 4.93. The third-order valence-electron chi connectivity index (χ3n) is 5.82. The highest BCUT2D eigenvalue weighted by molar-refractivity contribution is 6.74. The molecule has 1 aliphatic rings. The number of hydrogen-bond acceptors (Lipinski definition) is 4. The number of nitriles is 1. The van der Waals surface area contributed by atoms with Crippen LogP contribution in [0.15, 0.2) is 18.2 Å². The standard InChI is InChI=1S/C19H30BNO3Si/c1-17(2,3)25(8,9)22-16-11-10-15(12-14(16)13-21)20-23-18(4,5)19(6,7)24-20/h10-12H,1-9H3. The molecule has 0 aliphatic carbocycles. The highest BCUT2D eigenvalue weighted by atomic mass is 28.4. The van der Waals surface area contributed by atoms with E-state index in [2.05, 4.69) is 39.9 Å². The average molecular weight is 359 g/mol. The first-order valence-corrected chi connectivity index (χ1v) is 11.7. The van der Waals surface area contributed by atoms with Gasteiger partial charge in [0.15, 0.2) is 0 Å². The first-order chi connectivity index (χ1) is 11.2. The molecule has 25 heavy (non-hydrogen) atoms. The van der Waals surface area contributed by atoms with Gasteiger partial charge in [0, 0.05) is 0 Å². The fourth-order valence-electron chi connectivity index (χ4n) is 2.28. The maximum Gasteiger partial charge on any atom is 0.494 e. The molecule has 1 saturated heterocycles. The average Bonchev–Trinajstić information content (AvgIpc) is 2.66. The third kappa shape index (κ3) is 3.79. The van der Waals surface area contributed by atoms with Crippen molar-refractivity contribution in [2.45, 2.75) is 77.8 Å². The van der Waals surface area contributed by atoms with E-state index >= 15 is 0 Å². The molecule has 0 amide bonds. The van der Waals surface area contributed by atoms with Gasteiger partial charge in [-0.3, -0.25) is 0 Å². The predicted octanol–water partition coefficient (Wildman–Crippen LogP) is 4.24. The van der Waals surface area contributed by atoms with Gasteiger partial charge in [0.05, 0.1) is 16.8 Å². The summed E-state index contributed by atoms with van der Waals surface area (Å²) in [5.41, 5.74) is 0.566. The van der Waals surface area contributed by atoms with Gasteiger partial charge in [0.1, 0.15) is 11.8 Å². The molecule has 0 atom stereocenters. The number of nitrogens with zero attached hydrogens (tertiary/aromatic N) is 1. The molecule has 136 valence electrons. The normalized spacial score (nSPS) is 19.6. The van der Waals surface area contributed by atoms with Gasteiger partial charge in [-0.2, -0.15) is 5.26 Å². The van der Waals surface area contributed by atoms with Crippen LogP contribution in [0.1, 0.15) is 54.0 Å². The molecule has 1 aromatic rings. The minimum atomic E-state index is -2.00. The summed E-state index contributed by atoms with van der Waals surface area (Å²) in [5.74, 6) is 0.648. The first kappa shape index (κ1) is 20.0. The fraction of sp³-hybridized carbons (Fsp3) is 0.632. The molecule has 1 fully saturated rings. The molecule has 2 rings (SSSR count). The molecular formula is C19H30BNO3Si. The monoisotopic (exact) mass is 359 g/mol. The SMILES string of the molecule is CC1(C)OB(c2ccc(O[Si](C)(C)C(C)(C)C)c(C#N)c2)OC1(C)C. The lowest BCUT2D eigenvalue weighted by Gasteiger charge is -2.36. The van der Waals surface area contributed by atoms with Crippen LogP contribution in [0.25, 0.3) is 0 Å². The minimum Gasteiger partial charge on any atom is -0.543 e. The van der Waals surface area contributed by atoms with Crippen molar-refractivity contribution < 1.29 is 13.7 Å². The van der Waals surface area contributed by atoms with Gasteiger partial charge >= 0.3 is 7.12 Å². The molecule has 1 aliphatic heterocycles. The lowest BCUT2D eigenvalue weighted by Crippen LogP contribution is -2.44. The topological polar surface area (TPSA) is 51.5 Å². The lowest BCUT2D eigenvalue weighted by molar-refractivity contribution is 0.00578. The summed E-state index contributed by atoms with van der Waals surface area (Å²) >= 11 is 0. The van der Waals surface area contributed by atoms with Crippen molar-refractivity contribution in [2.24, 2.45) is 0 Å². The van der Waals surface area contributed by atoms with Crippen molar-refractivity contribution in [2.75, 3.05) is 0 Å². The summed E-state index contributed by atoms with van der Waals surface area (Å²) < 4.78 is 18.5. The Morgan fingerprint density at radius 3 is 2.04 bits per heavy atom. The molecule has 6 heteroatoms. The molecule has 0 unspecified atom stereocenters. The lowest BCUT2D eigenvalue weighted by atomic mass is 9.78. The zero-order valence-electron chi connectivity index (χ0n) is 17.0. The van der Waals surface area contributed by atoms with Crippen LogP contribution in [0.4, 0.5) is 0 Å². The number of rotatable bonds is 3. The van der Waals surface area contributed by atoms with Gasteiger partial charge in [0.25, 0.3) is 8.32 Å². The minimum absolute atomic E-state index is 0.0735. The van der Waals surface area contributed by atoms with E-state index in [9.17, 15) is 5.26 Å². The van der Waals surface area contributed by atoms with E-state index in [1.165, 1.54) is 0 Å². The zero-order chi connectivity index (χ0) is 19.3. The summed E-state index contributed by atoms with van der Waals surface area (Å²) in [7, 11) is -2.48. The predicted molar refractivity (Wildman–Crippen MR) is 105 cm³/mol. The Hall–Kier alpha value is -1.29. The Balaban J connectivity index is 2.31. The number of hydrogen-bond donors (Lipinski definition) is 0. The molecule has 1 aromatic carbocycles. The Morgan fingerprint density at radius 2 is 1.60 bits per heavy atom. The molecule has 0 radical (unpaired) electrons. The second-order valence-electron chi connectivity index (χ2n) is 9.32. The van der Waals surface area contributed by atoms with Crippen LogP contribution in [-0.4, -0.2) is 26.6 Å². The van der Waals surface area contributed by atoms with Crippen LogP contribution in [-0.2, 0) is 9.31 Å². The van der Waals surface area contributed by atoms with E-state index in [0.717, 1.165) is 5.46 Å². The summed E-state index contributed by atoms with van der Waals surface area (Å²) in [6.45, 7) is 19.0. The molecule has 0 N–H and O–H groups in total. The first-order valence-electron chi connectivity index (χ1n) is 8.79. The van der Waals surface area contributed by atoms with Crippen molar-refractivity contribution in [3.05, 3.63) is 23.8 Å². The number of benzene rings is 1. The van der Waals surface area contributed by atoms with Crippen molar-refractivity contribution in [1.29, 1.82) is 5.26 Å². The summed E-state index contributed by atoms with van der Waals surface area (Å²) in [6.07, 6.45) is 0. The second-order valence-corrected chi connectivity index (χ2v) is 14.0.